The molecule has 9 nitrogen and oxygen atoms in total. The van der Waals surface area contributed by atoms with Gasteiger partial charge in [0.1, 0.15) is 0 Å². The van der Waals surface area contributed by atoms with Crippen LogP contribution >= 0.6 is 11.3 Å². The number of hydrogen-bond acceptors (Lipinski definition) is 7. The molecule has 0 aliphatic carbocycles. The van der Waals surface area contributed by atoms with E-state index in [9.17, 15) is 9.59 Å². The molecular weight excluding hydrogens is 442 g/mol. The number of fused-ring (bicyclic) bond motifs is 1. The third kappa shape index (κ3) is 4.80. The molecule has 4 rings (SSSR count). The number of nitrogens with zero attached hydrogens (tertiary/aromatic N) is 3. The molecule has 0 atom stereocenters. The van der Waals surface area contributed by atoms with Gasteiger partial charge in [0, 0.05) is 7.05 Å². The zero-order valence-electron chi connectivity index (χ0n) is 18.4. The first-order valence-corrected chi connectivity index (χ1v) is 11.2. The van der Waals surface area contributed by atoms with Crippen LogP contribution in [0.15, 0.2) is 47.8 Å². The second-order valence-corrected chi connectivity index (χ2v) is 8.06. The van der Waals surface area contributed by atoms with Gasteiger partial charge in [-0.1, -0.05) is 18.2 Å². The van der Waals surface area contributed by atoms with Gasteiger partial charge in [-0.25, -0.2) is 4.98 Å². The molecule has 1 aromatic carbocycles. The van der Waals surface area contributed by atoms with Crippen LogP contribution < -0.4 is 20.3 Å². The van der Waals surface area contributed by atoms with E-state index in [1.165, 1.54) is 11.3 Å². The average Bonchev–Trinajstić information content (AvgIpc) is 3.45. The lowest BCUT2D eigenvalue weighted by molar-refractivity contribution is -0.123. The van der Waals surface area contributed by atoms with Crippen LogP contribution in [0, 0.1) is 6.92 Å². The van der Waals surface area contributed by atoms with Gasteiger partial charge in [-0.15, -0.1) is 11.3 Å². The van der Waals surface area contributed by atoms with Crippen molar-refractivity contribution in [3.8, 4) is 22.1 Å². The van der Waals surface area contributed by atoms with Crippen LogP contribution in [0.5, 0.6) is 11.5 Å². The molecule has 0 bridgehead atoms. The normalized spacial score (nSPS) is 10.8. The second kappa shape index (κ2) is 9.70. The van der Waals surface area contributed by atoms with Crippen LogP contribution in [-0.4, -0.2) is 39.8 Å². The lowest BCUT2D eigenvalue weighted by Gasteiger charge is -2.12. The summed E-state index contributed by atoms with van der Waals surface area (Å²) in [5.74, 6) is 0.00753. The van der Waals surface area contributed by atoms with E-state index in [0.29, 0.717) is 46.1 Å². The van der Waals surface area contributed by atoms with Crippen molar-refractivity contribution in [3.63, 3.8) is 0 Å². The lowest BCUT2D eigenvalue weighted by atomic mass is 10.1. The molecular formula is C23H23N5O4S. The molecule has 0 aliphatic rings. The summed E-state index contributed by atoms with van der Waals surface area (Å²) >= 11 is 1.52. The smallest absolute Gasteiger partial charge is 0.276 e. The summed E-state index contributed by atoms with van der Waals surface area (Å²) < 4.78 is 12.7. The van der Waals surface area contributed by atoms with Gasteiger partial charge in [-0.2, -0.15) is 5.10 Å². The SMILES string of the molecule is CCOc1ccccc1OCC(=O)NNC(=O)c1cc(-c2cccs2)nc2c1c(C)nn2C. The van der Waals surface area contributed by atoms with Gasteiger partial charge >= 0.3 is 0 Å². The Kier molecular flexibility index (Phi) is 6.55. The van der Waals surface area contributed by atoms with Crippen molar-refractivity contribution >= 4 is 34.2 Å². The minimum atomic E-state index is -0.513. The van der Waals surface area contributed by atoms with Crippen molar-refractivity contribution in [2.75, 3.05) is 13.2 Å². The zero-order chi connectivity index (χ0) is 23.4. The molecule has 0 saturated heterocycles. The maximum atomic E-state index is 13.0. The molecule has 3 aromatic heterocycles. The first-order chi connectivity index (χ1) is 16.0. The van der Waals surface area contributed by atoms with E-state index in [4.69, 9.17) is 9.47 Å². The van der Waals surface area contributed by atoms with Crippen molar-refractivity contribution in [3.05, 3.63) is 59.1 Å². The zero-order valence-corrected chi connectivity index (χ0v) is 19.2. The Balaban J connectivity index is 1.48. The van der Waals surface area contributed by atoms with Crippen LogP contribution in [0.1, 0.15) is 23.0 Å². The van der Waals surface area contributed by atoms with E-state index < -0.39 is 11.8 Å². The number of hydrogen-bond donors (Lipinski definition) is 2. The highest BCUT2D eigenvalue weighted by molar-refractivity contribution is 7.13. The quantitative estimate of drug-likeness (QED) is 0.406. The summed E-state index contributed by atoms with van der Waals surface area (Å²) in [5, 5.41) is 6.97. The number of carbonyl (C=O) groups excluding carboxylic acids is 2. The number of hydrazine groups is 1. The van der Waals surface area contributed by atoms with E-state index in [-0.39, 0.29) is 6.61 Å². The fourth-order valence-electron chi connectivity index (χ4n) is 3.39. The number of rotatable bonds is 7. The number of pyridine rings is 1. The van der Waals surface area contributed by atoms with Crippen LogP contribution in [-0.2, 0) is 11.8 Å². The molecule has 33 heavy (non-hydrogen) atoms. The first-order valence-electron chi connectivity index (χ1n) is 10.3. The summed E-state index contributed by atoms with van der Waals surface area (Å²) in [6, 6.07) is 12.6. The largest absolute Gasteiger partial charge is 0.490 e. The molecule has 0 unspecified atom stereocenters. The third-order valence-corrected chi connectivity index (χ3v) is 5.70. The lowest BCUT2D eigenvalue weighted by Crippen LogP contribution is -2.44. The number of para-hydroxylation sites is 2. The number of thiophene rings is 1. The Morgan fingerprint density at radius 1 is 1.09 bits per heavy atom. The minimum absolute atomic E-state index is 0.289. The standard InChI is InChI=1S/C23H23N5O4S/c1-4-31-17-8-5-6-9-18(17)32-13-20(29)25-26-23(30)15-12-16(19-10-7-11-33-19)24-22-21(15)14(2)27-28(22)3/h5-12H,4,13H2,1-3H3,(H,25,29)(H,26,30). The molecule has 2 N–H and O–H groups in total. The van der Waals surface area contributed by atoms with Gasteiger partial charge in [0.2, 0.25) is 0 Å². The molecule has 10 heteroatoms. The summed E-state index contributed by atoms with van der Waals surface area (Å²) in [6.45, 7) is 3.86. The molecule has 4 aromatic rings. The van der Waals surface area contributed by atoms with E-state index in [2.05, 4.69) is 20.9 Å². The van der Waals surface area contributed by atoms with E-state index in [1.54, 1.807) is 36.0 Å². The highest BCUT2D eigenvalue weighted by atomic mass is 32.1. The van der Waals surface area contributed by atoms with E-state index >= 15 is 0 Å². The van der Waals surface area contributed by atoms with Gasteiger partial charge in [-0.3, -0.25) is 25.1 Å². The third-order valence-electron chi connectivity index (χ3n) is 4.81. The van der Waals surface area contributed by atoms with E-state index in [0.717, 1.165) is 4.88 Å². The minimum Gasteiger partial charge on any atom is -0.490 e. The predicted octanol–water partition coefficient (Wildman–Crippen LogP) is 3.24. The molecule has 0 radical (unpaired) electrons. The molecule has 170 valence electrons. The summed E-state index contributed by atoms with van der Waals surface area (Å²) in [5.41, 5.74) is 7.16. The Hall–Kier alpha value is -3.92. The molecule has 0 saturated carbocycles. The number of nitrogens with one attached hydrogen (secondary N) is 2. The van der Waals surface area contributed by atoms with Crippen LogP contribution in [0.4, 0.5) is 0 Å². The topological polar surface area (TPSA) is 107 Å². The van der Waals surface area contributed by atoms with E-state index in [1.807, 2.05) is 37.4 Å². The number of amides is 2. The van der Waals surface area contributed by atoms with Gasteiger partial charge in [0.05, 0.1) is 33.8 Å². The van der Waals surface area contributed by atoms with Crippen molar-refractivity contribution in [2.45, 2.75) is 13.8 Å². The monoisotopic (exact) mass is 465 g/mol. The number of carbonyl (C=O) groups is 2. The van der Waals surface area contributed by atoms with Crippen LogP contribution in [0.2, 0.25) is 0 Å². The number of ether oxygens (including phenoxy) is 2. The highest BCUT2D eigenvalue weighted by Crippen LogP contribution is 2.29. The van der Waals surface area contributed by atoms with Crippen LogP contribution in [0.3, 0.4) is 0 Å². The van der Waals surface area contributed by atoms with Gasteiger partial charge in [-0.05, 0) is 43.5 Å². The maximum Gasteiger partial charge on any atom is 0.276 e. The van der Waals surface area contributed by atoms with Crippen molar-refractivity contribution < 1.29 is 19.1 Å². The van der Waals surface area contributed by atoms with Crippen LogP contribution in [0.25, 0.3) is 21.6 Å². The number of benzene rings is 1. The van der Waals surface area contributed by atoms with Crippen molar-refractivity contribution in [1.82, 2.24) is 25.6 Å². The summed E-state index contributed by atoms with van der Waals surface area (Å²) in [7, 11) is 1.78. The summed E-state index contributed by atoms with van der Waals surface area (Å²) in [6.07, 6.45) is 0. The Labute approximate surface area is 194 Å². The Morgan fingerprint density at radius 3 is 2.55 bits per heavy atom. The van der Waals surface area contributed by atoms with Crippen molar-refractivity contribution in [1.29, 1.82) is 0 Å². The van der Waals surface area contributed by atoms with Gasteiger partial charge < -0.3 is 9.47 Å². The van der Waals surface area contributed by atoms with Gasteiger partial charge in [0.15, 0.2) is 23.8 Å². The van der Waals surface area contributed by atoms with Crippen molar-refractivity contribution in [2.24, 2.45) is 7.05 Å². The van der Waals surface area contributed by atoms with Gasteiger partial charge in [0.25, 0.3) is 11.8 Å². The molecule has 0 aliphatic heterocycles. The Bertz CT molecular complexity index is 1300. The predicted molar refractivity (Wildman–Crippen MR) is 125 cm³/mol. The molecule has 0 fully saturated rings. The molecule has 3 heterocycles. The fraction of sp³-hybridized carbons (Fsp3) is 0.217. The average molecular weight is 466 g/mol. The highest BCUT2D eigenvalue weighted by Gasteiger charge is 2.20. The number of aryl methyl sites for hydroxylation is 2. The Morgan fingerprint density at radius 2 is 1.85 bits per heavy atom. The molecule has 2 amide bonds. The number of aromatic nitrogens is 3. The second-order valence-electron chi connectivity index (χ2n) is 7.11. The summed E-state index contributed by atoms with van der Waals surface area (Å²) in [4.78, 5) is 30.9. The first kappa shape index (κ1) is 22.3. The molecule has 0 spiro atoms. The fourth-order valence-corrected chi connectivity index (χ4v) is 4.08. The maximum absolute atomic E-state index is 13.0.